The Kier molecular flexibility index (Phi) is 8.84. The topological polar surface area (TPSA) is 27.7 Å². The Labute approximate surface area is 163 Å². The molecule has 0 radical (unpaired) electrons. The van der Waals surface area contributed by atoms with Crippen molar-refractivity contribution in [3.63, 3.8) is 0 Å². The van der Waals surface area contributed by atoms with Crippen LogP contribution in [0, 0.1) is 0 Å². The second-order valence-corrected chi connectivity index (χ2v) is 6.72. The molecule has 162 valence electrons. The van der Waals surface area contributed by atoms with Crippen LogP contribution in [0.15, 0.2) is 30.3 Å². The summed E-state index contributed by atoms with van der Waals surface area (Å²) in [6.07, 6.45) is -0.676. The number of alkyl halides is 5. The molecule has 0 fully saturated rings. The maximum atomic E-state index is 16.0. The van der Waals surface area contributed by atoms with Crippen LogP contribution in [0.4, 0.5) is 22.0 Å². The van der Waals surface area contributed by atoms with Gasteiger partial charge in [-0.2, -0.15) is 17.6 Å². The van der Waals surface area contributed by atoms with Gasteiger partial charge in [0.25, 0.3) is 5.67 Å². The van der Waals surface area contributed by atoms with E-state index in [0.29, 0.717) is 12.8 Å². The third kappa shape index (κ3) is 4.66. The minimum atomic E-state index is -5.13. The van der Waals surface area contributed by atoms with E-state index < -0.39 is 36.3 Å². The number of ether oxygens (including phenoxy) is 3. The van der Waals surface area contributed by atoms with Gasteiger partial charge in [0.2, 0.25) is 0 Å². The van der Waals surface area contributed by atoms with Gasteiger partial charge in [0.05, 0.1) is 0 Å². The van der Waals surface area contributed by atoms with Gasteiger partial charge in [-0.1, -0.05) is 56.5 Å². The SMILES string of the molecule is CCCCCCC(F)(F)C(F)(F)C(F)(Cc1ccccc1)C(OC)(OC)OC. The fourth-order valence-corrected chi connectivity index (χ4v) is 3.24. The van der Waals surface area contributed by atoms with Crippen molar-refractivity contribution >= 4 is 0 Å². The van der Waals surface area contributed by atoms with Gasteiger partial charge < -0.3 is 14.2 Å². The lowest BCUT2D eigenvalue weighted by atomic mass is 9.82. The van der Waals surface area contributed by atoms with E-state index in [2.05, 4.69) is 0 Å². The monoisotopic (exact) mass is 412 g/mol. The molecule has 8 heteroatoms. The van der Waals surface area contributed by atoms with E-state index in [9.17, 15) is 8.78 Å². The number of halogens is 5. The van der Waals surface area contributed by atoms with Crippen LogP contribution in [0.3, 0.4) is 0 Å². The van der Waals surface area contributed by atoms with Gasteiger partial charge >= 0.3 is 17.8 Å². The first kappa shape index (κ1) is 24.8. The van der Waals surface area contributed by atoms with Crippen LogP contribution in [0.1, 0.15) is 44.6 Å². The predicted octanol–water partition coefficient (Wildman–Crippen LogP) is 5.77. The molecule has 1 aromatic carbocycles. The number of unbranched alkanes of at least 4 members (excludes halogenated alkanes) is 3. The molecule has 0 aliphatic carbocycles. The smallest absolute Gasteiger partial charge is 0.328 e. The number of methoxy groups -OCH3 is 3. The summed E-state index contributed by atoms with van der Waals surface area (Å²) in [6.45, 7) is 1.86. The average Bonchev–Trinajstić information content (AvgIpc) is 2.67. The standard InChI is InChI=1S/C20H29F5O3/c1-5-6-7-11-14-18(22,23)19(24,25)17(21,20(26-2,27-3)28-4)15-16-12-9-8-10-13-16/h8-10,12-13H,5-7,11,14-15H2,1-4H3. The van der Waals surface area contributed by atoms with Gasteiger partial charge in [0, 0.05) is 34.2 Å². The maximum Gasteiger partial charge on any atom is 0.351 e. The van der Waals surface area contributed by atoms with E-state index in [1.54, 1.807) is 6.07 Å². The average molecular weight is 412 g/mol. The summed E-state index contributed by atoms with van der Waals surface area (Å²) in [5.74, 6) is -12.8. The first-order valence-corrected chi connectivity index (χ1v) is 9.21. The summed E-state index contributed by atoms with van der Waals surface area (Å²) in [5.41, 5.74) is -3.93. The van der Waals surface area contributed by atoms with E-state index in [1.807, 2.05) is 6.92 Å². The molecular weight excluding hydrogens is 383 g/mol. The Hall–Kier alpha value is -1.25. The van der Waals surface area contributed by atoms with Crippen molar-refractivity contribution in [3.8, 4) is 0 Å². The van der Waals surface area contributed by atoms with E-state index in [1.165, 1.54) is 24.3 Å². The molecule has 1 aromatic rings. The van der Waals surface area contributed by atoms with Crippen molar-refractivity contribution in [3.05, 3.63) is 35.9 Å². The van der Waals surface area contributed by atoms with Crippen molar-refractivity contribution in [2.45, 2.75) is 68.9 Å². The summed E-state index contributed by atoms with van der Waals surface area (Å²) in [7, 11) is 2.59. The molecule has 0 saturated carbocycles. The van der Waals surface area contributed by atoms with Crippen LogP contribution in [-0.4, -0.2) is 44.8 Å². The molecule has 28 heavy (non-hydrogen) atoms. The lowest BCUT2D eigenvalue weighted by molar-refractivity contribution is -0.451. The third-order valence-electron chi connectivity index (χ3n) is 4.88. The van der Waals surface area contributed by atoms with Crippen molar-refractivity contribution in [1.29, 1.82) is 0 Å². The molecule has 0 bridgehead atoms. The zero-order valence-corrected chi connectivity index (χ0v) is 16.7. The molecule has 0 saturated heterocycles. The van der Waals surface area contributed by atoms with Crippen molar-refractivity contribution in [2.24, 2.45) is 0 Å². The summed E-state index contributed by atoms with van der Waals surface area (Å²) in [6, 6.07) is 7.29. The molecule has 0 amide bonds. The third-order valence-corrected chi connectivity index (χ3v) is 4.88. The fourth-order valence-electron chi connectivity index (χ4n) is 3.24. The van der Waals surface area contributed by atoms with Crippen molar-refractivity contribution in [2.75, 3.05) is 21.3 Å². The van der Waals surface area contributed by atoms with Gasteiger partial charge in [-0.15, -0.1) is 0 Å². The Bertz CT molecular complexity index is 570. The molecular formula is C20H29F5O3. The molecule has 3 nitrogen and oxygen atoms in total. The highest BCUT2D eigenvalue weighted by Gasteiger charge is 2.78. The van der Waals surface area contributed by atoms with Gasteiger partial charge in [0.15, 0.2) is 0 Å². The first-order valence-electron chi connectivity index (χ1n) is 9.21. The quantitative estimate of drug-likeness (QED) is 0.234. The summed E-state index contributed by atoms with van der Waals surface area (Å²) in [5, 5.41) is 0. The van der Waals surface area contributed by atoms with E-state index in [4.69, 9.17) is 14.2 Å². The Morgan fingerprint density at radius 2 is 1.32 bits per heavy atom. The van der Waals surface area contributed by atoms with E-state index in [0.717, 1.165) is 27.8 Å². The fraction of sp³-hybridized carbons (Fsp3) is 0.700. The molecule has 0 spiro atoms. The summed E-state index contributed by atoms with van der Waals surface area (Å²) < 4.78 is 89.8. The molecule has 1 atom stereocenters. The maximum absolute atomic E-state index is 16.0. The van der Waals surface area contributed by atoms with Crippen LogP contribution < -0.4 is 0 Å². The zero-order valence-electron chi connectivity index (χ0n) is 16.7. The molecule has 0 aliphatic rings. The van der Waals surface area contributed by atoms with Crippen LogP contribution in [0.2, 0.25) is 0 Å². The molecule has 0 aliphatic heterocycles. The summed E-state index contributed by atoms with van der Waals surface area (Å²) in [4.78, 5) is 0. The highest BCUT2D eigenvalue weighted by molar-refractivity contribution is 5.21. The van der Waals surface area contributed by atoms with Gasteiger partial charge in [-0.3, -0.25) is 0 Å². The minimum Gasteiger partial charge on any atom is -0.328 e. The van der Waals surface area contributed by atoms with E-state index >= 15 is 13.2 Å². The normalized spacial score (nSPS) is 15.5. The highest BCUT2D eigenvalue weighted by Crippen LogP contribution is 2.54. The lowest BCUT2D eigenvalue weighted by Crippen LogP contribution is -2.70. The number of rotatable bonds is 13. The van der Waals surface area contributed by atoms with Crippen molar-refractivity contribution < 1.29 is 36.2 Å². The van der Waals surface area contributed by atoms with Crippen LogP contribution in [0.25, 0.3) is 0 Å². The molecule has 1 unspecified atom stereocenters. The Balaban J connectivity index is 3.39. The Morgan fingerprint density at radius 1 is 0.786 bits per heavy atom. The molecule has 0 aromatic heterocycles. The highest BCUT2D eigenvalue weighted by atomic mass is 19.3. The molecule has 1 rings (SSSR count). The predicted molar refractivity (Wildman–Crippen MR) is 96.4 cm³/mol. The number of hydrogen-bond donors (Lipinski definition) is 0. The van der Waals surface area contributed by atoms with E-state index in [-0.39, 0.29) is 12.0 Å². The zero-order chi connectivity index (χ0) is 21.5. The summed E-state index contributed by atoms with van der Waals surface area (Å²) >= 11 is 0. The Morgan fingerprint density at radius 3 is 1.79 bits per heavy atom. The first-order chi connectivity index (χ1) is 13.1. The second kappa shape index (κ2) is 9.98. The number of hydrogen-bond acceptors (Lipinski definition) is 3. The minimum absolute atomic E-state index is 0.0713. The molecule has 0 heterocycles. The second-order valence-electron chi connectivity index (χ2n) is 6.72. The lowest BCUT2D eigenvalue weighted by Gasteiger charge is -2.46. The molecule has 0 N–H and O–H groups in total. The van der Waals surface area contributed by atoms with Gasteiger partial charge in [-0.25, -0.2) is 4.39 Å². The van der Waals surface area contributed by atoms with Gasteiger partial charge in [0.1, 0.15) is 0 Å². The van der Waals surface area contributed by atoms with Crippen LogP contribution in [-0.2, 0) is 20.6 Å². The largest absolute Gasteiger partial charge is 0.351 e. The number of benzene rings is 1. The van der Waals surface area contributed by atoms with Crippen LogP contribution >= 0.6 is 0 Å². The van der Waals surface area contributed by atoms with Gasteiger partial charge in [-0.05, 0) is 12.0 Å². The van der Waals surface area contributed by atoms with Crippen molar-refractivity contribution in [1.82, 2.24) is 0 Å². The van der Waals surface area contributed by atoms with Crippen LogP contribution in [0.5, 0.6) is 0 Å².